The lowest BCUT2D eigenvalue weighted by Gasteiger charge is -2.29. The van der Waals surface area contributed by atoms with E-state index in [4.69, 9.17) is 10.00 Å². The van der Waals surface area contributed by atoms with Gasteiger partial charge >= 0.3 is 0 Å². The van der Waals surface area contributed by atoms with Gasteiger partial charge in [-0.05, 0) is 23.8 Å². The van der Waals surface area contributed by atoms with Crippen molar-refractivity contribution in [1.82, 2.24) is 9.88 Å². The number of morpholine rings is 1. The second-order valence-corrected chi connectivity index (χ2v) is 6.59. The minimum absolute atomic E-state index is 0.0607. The Morgan fingerprint density at radius 3 is 2.54 bits per heavy atom. The highest BCUT2D eigenvalue weighted by Gasteiger charge is 2.24. The first-order chi connectivity index (χ1) is 13.5. The largest absolute Gasteiger partial charge is 0.383 e. The summed E-state index contributed by atoms with van der Waals surface area (Å²) in [4.78, 5) is 19.8. The maximum atomic E-state index is 11.7. The van der Waals surface area contributed by atoms with Crippen LogP contribution >= 0.6 is 0 Å². The molecule has 28 heavy (non-hydrogen) atoms. The molecule has 1 saturated heterocycles. The molecule has 8 nitrogen and oxygen atoms in total. The number of anilines is 1. The lowest BCUT2D eigenvalue weighted by molar-refractivity contribution is -0.385. The summed E-state index contributed by atoms with van der Waals surface area (Å²) in [5, 5.41) is 20.7. The van der Waals surface area contributed by atoms with E-state index in [1.807, 2.05) is 14.1 Å². The van der Waals surface area contributed by atoms with Gasteiger partial charge in [0.15, 0.2) is 0 Å². The zero-order valence-corrected chi connectivity index (χ0v) is 15.8. The van der Waals surface area contributed by atoms with Crippen LogP contribution in [0.1, 0.15) is 11.3 Å². The van der Waals surface area contributed by atoms with Gasteiger partial charge in [0.05, 0.1) is 29.8 Å². The molecule has 8 heteroatoms. The van der Waals surface area contributed by atoms with E-state index in [1.54, 1.807) is 47.5 Å². The minimum Gasteiger partial charge on any atom is -0.383 e. The van der Waals surface area contributed by atoms with Crippen molar-refractivity contribution in [3.05, 3.63) is 57.9 Å². The Labute approximate surface area is 163 Å². The Kier molecular flexibility index (Phi) is 5.87. The predicted molar refractivity (Wildman–Crippen MR) is 107 cm³/mol. The lowest BCUT2D eigenvalue weighted by Crippen LogP contribution is -2.37. The van der Waals surface area contributed by atoms with Gasteiger partial charge in [-0.1, -0.05) is 12.1 Å². The van der Waals surface area contributed by atoms with E-state index < -0.39 is 4.92 Å². The molecule has 2 heterocycles. The summed E-state index contributed by atoms with van der Waals surface area (Å²) in [6, 6.07) is 10.6. The second-order valence-electron chi connectivity index (χ2n) is 6.59. The highest BCUT2D eigenvalue weighted by molar-refractivity contribution is 5.80. The Morgan fingerprint density at radius 2 is 1.96 bits per heavy atom. The lowest BCUT2D eigenvalue weighted by atomic mass is 10.0. The van der Waals surface area contributed by atoms with Crippen LogP contribution in [0, 0.1) is 21.4 Å². The van der Waals surface area contributed by atoms with Crippen LogP contribution in [-0.2, 0) is 4.74 Å². The van der Waals surface area contributed by atoms with Gasteiger partial charge in [0.25, 0.3) is 5.69 Å². The molecule has 0 spiro atoms. The molecular formula is C20H21N5O3. The first kappa shape index (κ1) is 19.3. The summed E-state index contributed by atoms with van der Waals surface area (Å²) in [5.74, 6) is 0.678. The van der Waals surface area contributed by atoms with Crippen molar-refractivity contribution in [3.63, 3.8) is 0 Å². The van der Waals surface area contributed by atoms with E-state index in [1.165, 1.54) is 0 Å². The van der Waals surface area contributed by atoms with E-state index in [9.17, 15) is 10.1 Å². The highest BCUT2D eigenvalue weighted by atomic mass is 16.6. The third-order valence-corrected chi connectivity index (χ3v) is 4.37. The summed E-state index contributed by atoms with van der Waals surface area (Å²) >= 11 is 0. The number of rotatable bonds is 5. The molecule has 0 atom stereocenters. The average molecular weight is 379 g/mol. The molecule has 0 unspecified atom stereocenters. The molecule has 0 bridgehead atoms. The number of nitrogens with zero attached hydrogens (tertiary/aromatic N) is 5. The maximum absolute atomic E-state index is 11.7. The van der Waals surface area contributed by atoms with Crippen LogP contribution in [0.4, 0.5) is 11.5 Å². The maximum Gasteiger partial charge on any atom is 0.295 e. The molecule has 1 aromatic carbocycles. The molecule has 0 N–H and O–H groups in total. The van der Waals surface area contributed by atoms with Crippen molar-refractivity contribution in [2.24, 2.45) is 0 Å². The number of hydrogen-bond donors (Lipinski definition) is 0. The standard InChI is InChI=1S/C20H21N5O3/c1-23(2)8-7-18-19(25(26)27)13-17(16-5-3-15(14-21)4-6-16)20(22-18)24-9-11-28-12-10-24/h3-8,13H,9-12H2,1-2H3/b8-7+. The molecule has 3 rings (SSSR count). The third kappa shape index (κ3) is 4.27. The molecule has 1 aromatic heterocycles. The van der Waals surface area contributed by atoms with E-state index in [2.05, 4.69) is 16.0 Å². The summed E-state index contributed by atoms with van der Waals surface area (Å²) < 4.78 is 5.43. The molecule has 0 saturated carbocycles. The van der Waals surface area contributed by atoms with Gasteiger partial charge in [-0.2, -0.15) is 5.26 Å². The van der Waals surface area contributed by atoms with Crippen molar-refractivity contribution in [3.8, 4) is 17.2 Å². The molecular weight excluding hydrogens is 358 g/mol. The van der Waals surface area contributed by atoms with Crippen LogP contribution in [-0.4, -0.2) is 55.2 Å². The molecule has 1 aliphatic rings. The zero-order valence-electron chi connectivity index (χ0n) is 15.8. The second kappa shape index (κ2) is 8.50. The minimum atomic E-state index is -0.418. The highest BCUT2D eigenvalue weighted by Crippen LogP contribution is 2.35. The van der Waals surface area contributed by atoms with Crippen LogP contribution < -0.4 is 4.90 Å². The summed E-state index contributed by atoms with van der Waals surface area (Å²) in [6.07, 6.45) is 3.38. The van der Waals surface area contributed by atoms with Gasteiger partial charge in [0, 0.05) is 45.0 Å². The predicted octanol–water partition coefficient (Wildman–Crippen LogP) is 2.90. The molecule has 0 amide bonds. The Balaban J connectivity index is 2.18. The number of pyridine rings is 1. The molecule has 0 radical (unpaired) electrons. The number of nitro groups is 1. The van der Waals surface area contributed by atoms with Crippen molar-refractivity contribution in [2.75, 3.05) is 45.3 Å². The summed E-state index contributed by atoms with van der Waals surface area (Å²) in [5.41, 5.74) is 2.22. The zero-order chi connectivity index (χ0) is 20.1. The fraction of sp³-hybridized carbons (Fsp3) is 0.300. The van der Waals surface area contributed by atoms with Gasteiger partial charge < -0.3 is 14.5 Å². The van der Waals surface area contributed by atoms with Crippen molar-refractivity contribution >= 4 is 17.6 Å². The van der Waals surface area contributed by atoms with Gasteiger partial charge in [-0.15, -0.1) is 0 Å². The first-order valence-corrected chi connectivity index (χ1v) is 8.87. The van der Waals surface area contributed by atoms with Crippen LogP contribution in [0.15, 0.2) is 36.5 Å². The van der Waals surface area contributed by atoms with Crippen LogP contribution in [0.5, 0.6) is 0 Å². The molecule has 2 aromatic rings. The van der Waals surface area contributed by atoms with Crippen LogP contribution in [0.2, 0.25) is 0 Å². The Morgan fingerprint density at radius 1 is 1.29 bits per heavy atom. The smallest absolute Gasteiger partial charge is 0.295 e. The van der Waals surface area contributed by atoms with E-state index in [0.29, 0.717) is 48.9 Å². The number of hydrogen-bond acceptors (Lipinski definition) is 7. The molecule has 144 valence electrons. The third-order valence-electron chi connectivity index (χ3n) is 4.37. The number of aromatic nitrogens is 1. The van der Waals surface area contributed by atoms with Gasteiger partial charge in [-0.25, -0.2) is 4.98 Å². The number of benzene rings is 1. The van der Waals surface area contributed by atoms with Crippen LogP contribution in [0.3, 0.4) is 0 Å². The van der Waals surface area contributed by atoms with E-state index in [-0.39, 0.29) is 5.69 Å². The SMILES string of the molecule is CN(C)/C=C/c1nc(N2CCOCC2)c(-c2ccc(C#N)cc2)cc1[N+](=O)[O-]. The molecule has 0 aliphatic carbocycles. The fourth-order valence-electron chi connectivity index (χ4n) is 2.95. The van der Waals surface area contributed by atoms with Crippen LogP contribution in [0.25, 0.3) is 17.2 Å². The quantitative estimate of drug-likeness (QED) is 0.582. The average Bonchev–Trinajstić information content (AvgIpc) is 2.72. The molecule has 1 fully saturated rings. The summed E-state index contributed by atoms with van der Waals surface area (Å²) in [7, 11) is 3.69. The van der Waals surface area contributed by atoms with Gasteiger partial charge in [-0.3, -0.25) is 10.1 Å². The summed E-state index contributed by atoms with van der Waals surface area (Å²) in [6.45, 7) is 2.47. The van der Waals surface area contributed by atoms with Gasteiger partial charge in [0.1, 0.15) is 11.5 Å². The van der Waals surface area contributed by atoms with Crippen molar-refractivity contribution < 1.29 is 9.66 Å². The monoisotopic (exact) mass is 379 g/mol. The van der Waals surface area contributed by atoms with E-state index in [0.717, 1.165) is 5.56 Å². The fourth-order valence-corrected chi connectivity index (χ4v) is 2.95. The number of ether oxygens (including phenoxy) is 1. The van der Waals surface area contributed by atoms with Crippen molar-refractivity contribution in [2.45, 2.75) is 0 Å². The van der Waals surface area contributed by atoms with Crippen molar-refractivity contribution in [1.29, 1.82) is 5.26 Å². The normalized spacial score (nSPS) is 14.1. The molecule has 1 aliphatic heterocycles. The van der Waals surface area contributed by atoms with Gasteiger partial charge in [0.2, 0.25) is 0 Å². The van der Waals surface area contributed by atoms with E-state index >= 15 is 0 Å². The Bertz CT molecular complexity index is 926. The topological polar surface area (TPSA) is 95.5 Å². The first-order valence-electron chi connectivity index (χ1n) is 8.87. The number of nitriles is 1. The Hall–Kier alpha value is -3.44.